The van der Waals surface area contributed by atoms with Crippen LogP contribution in [-0.2, 0) is 4.79 Å². The standard InChI is InChI=1S/C21H24N4O4/c1-13(2)12-25-20(29)23-19(28)21(25)7-9-24(10-8-21)18(27)15-11-17(26)22-16-6-4-3-5-14(15)16/h3-6,11,13H,7-10,12H2,1-2H3,(H,22,26)(H,23,28,29). The Balaban J connectivity index is 1.59. The van der Waals surface area contributed by atoms with E-state index in [-0.39, 0.29) is 29.3 Å². The summed E-state index contributed by atoms with van der Waals surface area (Å²) in [5.41, 5.74) is -0.259. The van der Waals surface area contributed by atoms with Gasteiger partial charge in [-0.3, -0.25) is 19.7 Å². The average Bonchev–Trinajstić information content (AvgIpc) is 2.91. The fraction of sp³-hybridized carbons (Fsp3) is 0.429. The van der Waals surface area contributed by atoms with Crippen molar-refractivity contribution in [1.29, 1.82) is 0 Å². The molecular weight excluding hydrogens is 372 g/mol. The number of H-pyrrole nitrogens is 1. The highest BCUT2D eigenvalue weighted by Gasteiger charge is 2.54. The molecule has 29 heavy (non-hydrogen) atoms. The van der Waals surface area contributed by atoms with Gasteiger partial charge in [-0.25, -0.2) is 4.79 Å². The number of likely N-dealkylation sites (tertiary alicyclic amines) is 1. The Morgan fingerprint density at radius 2 is 1.83 bits per heavy atom. The van der Waals surface area contributed by atoms with Crippen LogP contribution < -0.4 is 10.9 Å². The molecular formula is C21H24N4O4. The minimum absolute atomic E-state index is 0.227. The molecule has 8 nitrogen and oxygen atoms in total. The zero-order chi connectivity index (χ0) is 20.8. The number of rotatable bonds is 3. The van der Waals surface area contributed by atoms with Crippen molar-refractivity contribution in [3.63, 3.8) is 0 Å². The summed E-state index contributed by atoms with van der Waals surface area (Å²) in [4.78, 5) is 56.1. The van der Waals surface area contributed by atoms with Crippen LogP contribution in [0.15, 0.2) is 35.1 Å². The van der Waals surface area contributed by atoms with Gasteiger partial charge in [0.05, 0.1) is 5.56 Å². The zero-order valence-electron chi connectivity index (χ0n) is 16.5. The first-order valence-electron chi connectivity index (χ1n) is 9.86. The number of piperidine rings is 1. The van der Waals surface area contributed by atoms with Crippen molar-refractivity contribution in [1.82, 2.24) is 20.1 Å². The molecule has 2 N–H and O–H groups in total. The van der Waals surface area contributed by atoms with Gasteiger partial charge in [0.1, 0.15) is 5.54 Å². The minimum atomic E-state index is -0.894. The number of pyridine rings is 1. The van der Waals surface area contributed by atoms with E-state index < -0.39 is 5.54 Å². The number of nitrogens with one attached hydrogen (secondary N) is 2. The first-order valence-corrected chi connectivity index (χ1v) is 9.86. The van der Waals surface area contributed by atoms with Crippen LogP contribution in [0.2, 0.25) is 0 Å². The van der Waals surface area contributed by atoms with Gasteiger partial charge in [0.2, 0.25) is 5.56 Å². The summed E-state index contributed by atoms with van der Waals surface area (Å²) in [5.74, 6) is -0.287. The summed E-state index contributed by atoms with van der Waals surface area (Å²) >= 11 is 0. The van der Waals surface area contributed by atoms with E-state index in [1.54, 1.807) is 28.0 Å². The monoisotopic (exact) mass is 396 g/mol. The fourth-order valence-electron chi connectivity index (χ4n) is 4.35. The molecule has 1 aromatic carbocycles. The zero-order valence-corrected chi connectivity index (χ0v) is 16.5. The van der Waals surface area contributed by atoms with E-state index >= 15 is 0 Å². The molecule has 0 bridgehead atoms. The van der Waals surface area contributed by atoms with Crippen LogP contribution in [0.5, 0.6) is 0 Å². The molecule has 0 saturated carbocycles. The van der Waals surface area contributed by atoms with Crippen LogP contribution >= 0.6 is 0 Å². The van der Waals surface area contributed by atoms with Crippen LogP contribution in [0.25, 0.3) is 10.9 Å². The minimum Gasteiger partial charge on any atom is -0.338 e. The van der Waals surface area contributed by atoms with Gasteiger partial charge < -0.3 is 14.8 Å². The SMILES string of the molecule is CC(C)CN1C(=O)NC(=O)C12CCN(C(=O)c1cc(=O)[nH]c3ccccc13)CC2. The summed E-state index contributed by atoms with van der Waals surface area (Å²) in [5, 5.41) is 3.13. The lowest BCUT2D eigenvalue weighted by Crippen LogP contribution is -2.58. The van der Waals surface area contributed by atoms with Gasteiger partial charge in [-0.2, -0.15) is 0 Å². The molecule has 0 radical (unpaired) electrons. The van der Waals surface area contributed by atoms with Gasteiger partial charge in [-0.1, -0.05) is 32.0 Å². The van der Waals surface area contributed by atoms with Crippen molar-refractivity contribution < 1.29 is 14.4 Å². The lowest BCUT2D eigenvalue weighted by molar-refractivity contribution is -0.129. The van der Waals surface area contributed by atoms with E-state index in [2.05, 4.69) is 10.3 Å². The van der Waals surface area contributed by atoms with E-state index in [4.69, 9.17) is 0 Å². The lowest BCUT2D eigenvalue weighted by atomic mass is 9.85. The van der Waals surface area contributed by atoms with Crippen LogP contribution in [0.4, 0.5) is 4.79 Å². The van der Waals surface area contributed by atoms with Gasteiger partial charge in [0.15, 0.2) is 0 Å². The van der Waals surface area contributed by atoms with Crippen LogP contribution in [0.1, 0.15) is 37.0 Å². The second kappa shape index (κ2) is 7.02. The second-order valence-corrected chi connectivity index (χ2v) is 8.18. The Morgan fingerprint density at radius 3 is 2.52 bits per heavy atom. The number of carbonyl (C=O) groups is 3. The Bertz CT molecular complexity index is 1050. The van der Waals surface area contributed by atoms with E-state index in [0.29, 0.717) is 48.9 Å². The normalized spacial score (nSPS) is 18.7. The number of carbonyl (C=O) groups excluding carboxylic acids is 3. The summed E-state index contributed by atoms with van der Waals surface area (Å²) in [7, 11) is 0. The summed E-state index contributed by atoms with van der Waals surface area (Å²) in [6, 6.07) is 8.15. The predicted molar refractivity (Wildman–Crippen MR) is 108 cm³/mol. The number of para-hydroxylation sites is 1. The molecule has 3 heterocycles. The number of benzene rings is 1. The molecule has 1 aromatic heterocycles. The maximum atomic E-state index is 13.2. The predicted octanol–water partition coefficient (Wildman–Crippen LogP) is 1.71. The van der Waals surface area contributed by atoms with E-state index in [1.165, 1.54) is 6.07 Å². The molecule has 2 aliphatic heterocycles. The van der Waals surface area contributed by atoms with E-state index in [9.17, 15) is 19.2 Å². The topological polar surface area (TPSA) is 103 Å². The maximum absolute atomic E-state index is 13.2. The van der Waals surface area contributed by atoms with Crippen molar-refractivity contribution in [2.24, 2.45) is 5.92 Å². The summed E-state index contributed by atoms with van der Waals surface area (Å²) in [6.07, 6.45) is 0.758. The van der Waals surface area contributed by atoms with Crippen molar-refractivity contribution in [3.8, 4) is 0 Å². The van der Waals surface area contributed by atoms with E-state index in [1.807, 2.05) is 19.9 Å². The van der Waals surface area contributed by atoms with Gasteiger partial charge in [-0.05, 0) is 24.8 Å². The third kappa shape index (κ3) is 3.18. The van der Waals surface area contributed by atoms with Crippen molar-refractivity contribution >= 4 is 28.7 Å². The first kappa shape index (κ1) is 19.2. The largest absolute Gasteiger partial charge is 0.338 e. The maximum Gasteiger partial charge on any atom is 0.325 e. The molecule has 152 valence electrons. The van der Waals surface area contributed by atoms with Gasteiger partial charge >= 0.3 is 6.03 Å². The smallest absolute Gasteiger partial charge is 0.325 e. The summed E-state index contributed by atoms with van der Waals surface area (Å²) in [6.45, 7) is 5.18. The van der Waals surface area contributed by atoms with Gasteiger partial charge in [0, 0.05) is 36.6 Å². The molecule has 2 saturated heterocycles. The molecule has 1 spiro atoms. The number of imide groups is 1. The highest BCUT2D eigenvalue weighted by Crippen LogP contribution is 2.34. The van der Waals surface area contributed by atoms with Crippen LogP contribution in [-0.4, -0.2) is 57.8 Å². The Hall–Kier alpha value is -3.16. The fourth-order valence-corrected chi connectivity index (χ4v) is 4.35. The third-order valence-corrected chi connectivity index (χ3v) is 5.81. The van der Waals surface area contributed by atoms with Crippen molar-refractivity contribution in [2.45, 2.75) is 32.2 Å². The number of aromatic nitrogens is 1. The molecule has 2 aromatic rings. The second-order valence-electron chi connectivity index (χ2n) is 8.18. The quantitative estimate of drug-likeness (QED) is 0.771. The van der Waals surface area contributed by atoms with Crippen LogP contribution in [0, 0.1) is 5.92 Å². The number of amides is 4. The molecule has 0 unspecified atom stereocenters. The van der Waals surface area contributed by atoms with Crippen LogP contribution in [0.3, 0.4) is 0 Å². The molecule has 0 aliphatic carbocycles. The van der Waals surface area contributed by atoms with E-state index in [0.717, 1.165) is 0 Å². The van der Waals surface area contributed by atoms with Crippen molar-refractivity contribution in [3.05, 3.63) is 46.2 Å². The number of fused-ring (bicyclic) bond motifs is 1. The Labute approximate surface area is 167 Å². The number of hydrogen-bond acceptors (Lipinski definition) is 4. The first-order chi connectivity index (χ1) is 13.8. The molecule has 0 atom stereocenters. The van der Waals surface area contributed by atoms with Gasteiger partial charge in [0.25, 0.3) is 11.8 Å². The highest BCUT2D eigenvalue weighted by molar-refractivity contribution is 6.08. The van der Waals surface area contributed by atoms with Crippen molar-refractivity contribution in [2.75, 3.05) is 19.6 Å². The molecule has 8 heteroatoms. The molecule has 2 aliphatic rings. The Morgan fingerprint density at radius 1 is 1.14 bits per heavy atom. The average molecular weight is 396 g/mol. The number of urea groups is 1. The lowest BCUT2D eigenvalue weighted by Gasteiger charge is -2.42. The number of aromatic amines is 1. The summed E-state index contributed by atoms with van der Waals surface area (Å²) < 4.78 is 0. The Kier molecular flexibility index (Phi) is 4.64. The number of hydrogen-bond donors (Lipinski definition) is 2. The number of nitrogens with zero attached hydrogens (tertiary/aromatic N) is 2. The van der Waals surface area contributed by atoms with Gasteiger partial charge in [-0.15, -0.1) is 0 Å². The molecule has 4 amide bonds. The third-order valence-electron chi connectivity index (χ3n) is 5.81. The highest BCUT2D eigenvalue weighted by atomic mass is 16.2. The molecule has 4 rings (SSSR count). The molecule has 2 fully saturated rings.